The van der Waals surface area contributed by atoms with E-state index in [1.165, 1.54) is 6.07 Å². The van der Waals surface area contributed by atoms with Crippen LogP contribution in [-0.4, -0.2) is 6.54 Å². The lowest BCUT2D eigenvalue weighted by atomic mass is 9.88. The van der Waals surface area contributed by atoms with Gasteiger partial charge in [-0.25, -0.2) is 13.2 Å². The van der Waals surface area contributed by atoms with E-state index in [1.54, 1.807) is 6.92 Å². The Morgan fingerprint density at radius 2 is 1.73 bits per heavy atom. The number of nitrogens with two attached hydrogens (primary N) is 1. The average molecular weight is 217 g/mol. The van der Waals surface area contributed by atoms with Gasteiger partial charge in [-0.1, -0.05) is 19.9 Å². The van der Waals surface area contributed by atoms with Crippen molar-refractivity contribution in [2.75, 3.05) is 6.54 Å². The number of hydrogen-bond acceptors (Lipinski definition) is 1. The molecule has 2 unspecified atom stereocenters. The molecular weight excluding hydrogens is 203 g/mol. The fourth-order valence-electron chi connectivity index (χ4n) is 1.40. The standard InChI is InChI=1S/C11H14F3N/c1-6(5-15)7(2)8-3-4-9(12)11(14)10(8)13/h3-4,6-7H,5,15H2,1-2H3. The molecule has 0 fully saturated rings. The lowest BCUT2D eigenvalue weighted by molar-refractivity contribution is 0.419. The fraction of sp³-hybridized carbons (Fsp3) is 0.455. The van der Waals surface area contributed by atoms with E-state index in [-0.39, 0.29) is 17.4 Å². The van der Waals surface area contributed by atoms with Gasteiger partial charge in [-0.3, -0.25) is 0 Å². The Bertz CT molecular complexity index is 352. The van der Waals surface area contributed by atoms with Crippen LogP contribution >= 0.6 is 0 Å². The number of halogens is 3. The third kappa shape index (κ3) is 2.31. The van der Waals surface area contributed by atoms with Crippen LogP contribution in [0, 0.1) is 23.4 Å². The van der Waals surface area contributed by atoms with Crippen molar-refractivity contribution in [1.29, 1.82) is 0 Å². The highest BCUT2D eigenvalue weighted by atomic mass is 19.2. The predicted molar refractivity (Wildman–Crippen MR) is 52.9 cm³/mol. The Morgan fingerprint density at radius 3 is 2.27 bits per heavy atom. The molecule has 4 heteroatoms. The second-order valence-corrected chi connectivity index (χ2v) is 3.77. The van der Waals surface area contributed by atoms with E-state index < -0.39 is 17.5 Å². The zero-order chi connectivity index (χ0) is 11.6. The third-order valence-corrected chi connectivity index (χ3v) is 2.78. The largest absolute Gasteiger partial charge is 0.330 e. The first-order valence-electron chi connectivity index (χ1n) is 4.82. The van der Waals surface area contributed by atoms with E-state index in [0.29, 0.717) is 6.54 Å². The number of benzene rings is 1. The van der Waals surface area contributed by atoms with E-state index in [9.17, 15) is 13.2 Å². The Morgan fingerprint density at radius 1 is 1.13 bits per heavy atom. The molecule has 84 valence electrons. The van der Waals surface area contributed by atoms with Crippen molar-refractivity contribution in [2.45, 2.75) is 19.8 Å². The van der Waals surface area contributed by atoms with Gasteiger partial charge in [-0.05, 0) is 30.0 Å². The molecular formula is C11H14F3N. The van der Waals surface area contributed by atoms with E-state index in [1.807, 2.05) is 6.92 Å². The molecule has 0 heterocycles. The summed E-state index contributed by atoms with van der Waals surface area (Å²) in [5.41, 5.74) is 5.61. The Balaban J connectivity index is 3.10. The first-order chi connectivity index (χ1) is 6.99. The van der Waals surface area contributed by atoms with E-state index >= 15 is 0 Å². The highest BCUT2D eigenvalue weighted by Gasteiger charge is 2.20. The summed E-state index contributed by atoms with van der Waals surface area (Å²) >= 11 is 0. The van der Waals surface area contributed by atoms with Crippen molar-refractivity contribution in [3.63, 3.8) is 0 Å². The van der Waals surface area contributed by atoms with Crippen molar-refractivity contribution in [1.82, 2.24) is 0 Å². The molecule has 1 aromatic rings. The second kappa shape index (κ2) is 4.66. The van der Waals surface area contributed by atoms with Gasteiger partial charge in [0.25, 0.3) is 0 Å². The minimum Gasteiger partial charge on any atom is -0.330 e. The van der Waals surface area contributed by atoms with Crippen molar-refractivity contribution in [3.05, 3.63) is 35.1 Å². The van der Waals surface area contributed by atoms with Gasteiger partial charge in [0.1, 0.15) is 0 Å². The molecule has 1 rings (SSSR count). The molecule has 0 aliphatic carbocycles. The summed E-state index contributed by atoms with van der Waals surface area (Å²) in [5.74, 6) is -3.90. The van der Waals surface area contributed by atoms with Gasteiger partial charge in [-0.2, -0.15) is 0 Å². The molecule has 0 bridgehead atoms. The lowest BCUT2D eigenvalue weighted by Gasteiger charge is -2.19. The fourth-order valence-corrected chi connectivity index (χ4v) is 1.40. The summed E-state index contributed by atoms with van der Waals surface area (Å²) in [5, 5.41) is 0. The number of hydrogen-bond donors (Lipinski definition) is 1. The molecule has 0 saturated heterocycles. The van der Waals surface area contributed by atoms with Crippen LogP contribution < -0.4 is 5.73 Å². The second-order valence-electron chi connectivity index (χ2n) is 3.77. The van der Waals surface area contributed by atoms with E-state index in [4.69, 9.17) is 5.73 Å². The Hall–Kier alpha value is -1.03. The van der Waals surface area contributed by atoms with Crippen LogP contribution in [-0.2, 0) is 0 Å². The van der Waals surface area contributed by atoms with Crippen LogP contribution in [0.25, 0.3) is 0 Å². The van der Waals surface area contributed by atoms with Crippen LogP contribution in [0.5, 0.6) is 0 Å². The summed E-state index contributed by atoms with van der Waals surface area (Å²) in [6.07, 6.45) is 0. The van der Waals surface area contributed by atoms with Gasteiger partial charge in [0.2, 0.25) is 0 Å². The molecule has 1 nitrogen and oxygen atoms in total. The van der Waals surface area contributed by atoms with E-state index in [2.05, 4.69) is 0 Å². The average Bonchev–Trinajstić information content (AvgIpc) is 2.24. The predicted octanol–water partition coefficient (Wildman–Crippen LogP) is 2.80. The van der Waals surface area contributed by atoms with Crippen LogP contribution in [0.15, 0.2) is 12.1 Å². The molecule has 0 aliphatic rings. The third-order valence-electron chi connectivity index (χ3n) is 2.78. The first-order valence-corrected chi connectivity index (χ1v) is 4.82. The monoisotopic (exact) mass is 217 g/mol. The van der Waals surface area contributed by atoms with Gasteiger partial charge in [0, 0.05) is 0 Å². The maximum Gasteiger partial charge on any atom is 0.194 e. The van der Waals surface area contributed by atoms with Gasteiger partial charge in [0.15, 0.2) is 17.5 Å². The number of rotatable bonds is 3. The van der Waals surface area contributed by atoms with Crippen LogP contribution in [0.1, 0.15) is 25.3 Å². The Kier molecular flexibility index (Phi) is 3.74. The zero-order valence-electron chi connectivity index (χ0n) is 8.73. The van der Waals surface area contributed by atoms with Gasteiger partial charge in [-0.15, -0.1) is 0 Å². The summed E-state index contributed by atoms with van der Waals surface area (Å²) in [7, 11) is 0. The summed E-state index contributed by atoms with van der Waals surface area (Å²) in [6.45, 7) is 3.96. The highest BCUT2D eigenvalue weighted by Crippen LogP contribution is 2.27. The SMILES string of the molecule is CC(CN)C(C)c1ccc(F)c(F)c1F. The molecule has 0 spiro atoms. The van der Waals surface area contributed by atoms with Crippen LogP contribution in [0.2, 0.25) is 0 Å². The van der Waals surface area contributed by atoms with Crippen LogP contribution in [0.4, 0.5) is 13.2 Å². The molecule has 2 N–H and O–H groups in total. The maximum absolute atomic E-state index is 13.4. The maximum atomic E-state index is 13.4. The van der Waals surface area contributed by atoms with Gasteiger partial charge < -0.3 is 5.73 Å². The molecule has 0 aromatic heterocycles. The normalized spacial score (nSPS) is 15.1. The van der Waals surface area contributed by atoms with Crippen molar-refractivity contribution < 1.29 is 13.2 Å². The first kappa shape index (κ1) is 12.0. The van der Waals surface area contributed by atoms with Crippen molar-refractivity contribution in [3.8, 4) is 0 Å². The lowest BCUT2D eigenvalue weighted by Crippen LogP contribution is -2.18. The Labute approximate surface area is 87.1 Å². The highest BCUT2D eigenvalue weighted by molar-refractivity contribution is 5.24. The molecule has 2 atom stereocenters. The molecule has 15 heavy (non-hydrogen) atoms. The van der Waals surface area contributed by atoms with E-state index in [0.717, 1.165) is 6.07 Å². The molecule has 0 aliphatic heterocycles. The van der Waals surface area contributed by atoms with Crippen LogP contribution in [0.3, 0.4) is 0 Å². The molecule has 1 aromatic carbocycles. The quantitative estimate of drug-likeness (QED) is 0.774. The van der Waals surface area contributed by atoms with Crippen molar-refractivity contribution in [2.24, 2.45) is 11.7 Å². The molecule has 0 radical (unpaired) electrons. The minimum atomic E-state index is -1.41. The van der Waals surface area contributed by atoms with Gasteiger partial charge >= 0.3 is 0 Å². The summed E-state index contributed by atoms with van der Waals surface area (Å²) in [4.78, 5) is 0. The molecule has 0 amide bonds. The topological polar surface area (TPSA) is 26.0 Å². The van der Waals surface area contributed by atoms with Gasteiger partial charge in [0.05, 0.1) is 0 Å². The zero-order valence-corrected chi connectivity index (χ0v) is 8.73. The molecule has 0 saturated carbocycles. The summed E-state index contributed by atoms with van der Waals surface area (Å²) < 4.78 is 39.0. The van der Waals surface area contributed by atoms with Crippen molar-refractivity contribution >= 4 is 0 Å². The summed E-state index contributed by atoms with van der Waals surface area (Å²) in [6, 6.07) is 2.21. The smallest absolute Gasteiger partial charge is 0.194 e. The minimum absolute atomic E-state index is 0.0179.